The van der Waals surface area contributed by atoms with E-state index in [-0.39, 0.29) is 12.0 Å². The summed E-state index contributed by atoms with van der Waals surface area (Å²) in [7, 11) is 0. The van der Waals surface area contributed by atoms with E-state index in [1.807, 2.05) is 36.1 Å². The maximum atomic E-state index is 12.7. The van der Waals surface area contributed by atoms with E-state index in [0.717, 1.165) is 34.5 Å². The SMILES string of the molecule is CCOC(=O)c1ccc(N2CCCN(C(=O)Nc3ccc(Br)c(C)c3)CC2)nc1. The lowest BCUT2D eigenvalue weighted by atomic mass is 10.2. The third kappa shape index (κ3) is 5.47. The largest absolute Gasteiger partial charge is 0.462 e. The monoisotopic (exact) mass is 460 g/mol. The fourth-order valence-corrected chi connectivity index (χ4v) is 3.43. The maximum absolute atomic E-state index is 12.7. The summed E-state index contributed by atoms with van der Waals surface area (Å²) in [6.45, 7) is 6.86. The molecule has 29 heavy (non-hydrogen) atoms. The first-order chi connectivity index (χ1) is 14.0. The number of nitrogens with zero attached hydrogens (tertiary/aromatic N) is 3. The third-order valence-corrected chi connectivity index (χ3v) is 5.67. The highest BCUT2D eigenvalue weighted by molar-refractivity contribution is 9.10. The van der Waals surface area contributed by atoms with Gasteiger partial charge in [-0.1, -0.05) is 15.9 Å². The van der Waals surface area contributed by atoms with Crippen LogP contribution >= 0.6 is 15.9 Å². The Morgan fingerprint density at radius 2 is 2.00 bits per heavy atom. The van der Waals surface area contributed by atoms with Crippen LogP contribution in [0, 0.1) is 6.92 Å². The summed E-state index contributed by atoms with van der Waals surface area (Å²) in [5.74, 6) is 0.428. The number of carbonyl (C=O) groups is 2. The Balaban J connectivity index is 1.58. The average Bonchev–Trinajstić information content (AvgIpc) is 2.97. The van der Waals surface area contributed by atoms with Crippen molar-refractivity contribution in [2.24, 2.45) is 0 Å². The van der Waals surface area contributed by atoms with Crippen LogP contribution in [-0.2, 0) is 4.74 Å². The van der Waals surface area contributed by atoms with E-state index in [2.05, 4.69) is 31.1 Å². The van der Waals surface area contributed by atoms with Crippen LogP contribution in [0.15, 0.2) is 41.0 Å². The summed E-state index contributed by atoms with van der Waals surface area (Å²) in [6.07, 6.45) is 2.38. The summed E-state index contributed by atoms with van der Waals surface area (Å²) in [5, 5.41) is 2.97. The molecule has 0 atom stereocenters. The van der Waals surface area contributed by atoms with Crippen LogP contribution in [0.4, 0.5) is 16.3 Å². The molecule has 0 spiro atoms. The van der Waals surface area contributed by atoms with E-state index >= 15 is 0 Å². The average molecular weight is 461 g/mol. The Bertz CT molecular complexity index is 873. The lowest BCUT2D eigenvalue weighted by molar-refractivity contribution is 0.0526. The maximum Gasteiger partial charge on any atom is 0.339 e. The van der Waals surface area contributed by atoms with Gasteiger partial charge in [-0.2, -0.15) is 0 Å². The van der Waals surface area contributed by atoms with Gasteiger partial charge in [0.25, 0.3) is 0 Å². The van der Waals surface area contributed by atoms with Crippen LogP contribution in [0.1, 0.15) is 29.3 Å². The van der Waals surface area contributed by atoms with Crippen molar-refractivity contribution < 1.29 is 14.3 Å². The number of ether oxygens (including phenoxy) is 1. The van der Waals surface area contributed by atoms with Gasteiger partial charge in [0.05, 0.1) is 12.2 Å². The topological polar surface area (TPSA) is 74.8 Å². The first-order valence-electron chi connectivity index (χ1n) is 9.68. The van der Waals surface area contributed by atoms with E-state index in [0.29, 0.717) is 31.8 Å². The van der Waals surface area contributed by atoms with Crippen LogP contribution in [0.25, 0.3) is 0 Å². The molecule has 1 aromatic carbocycles. The van der Waals surface area contributed by atoms with Gasteiger partial charge in [0.2, 0.25) is 0 Å². The molecule has 2 heterocycles. The first-order valence-corrected chi connectivity index (χ1v) is 10.5. The van der Waals surface area contributed by atoms with Crippen LogP contribution in [0.3, 0.4) is 0 Å². The number of nitrogens with one attached hydrogen (secondary N) is 1. The van der Waals surface area contributed by atoms with Gasteiger partial charge in [0.1, 0.15) is 5.82 Å². The fourth-order valence-electron chi connectivity index (χ4n) is 3.18. The summed E-state index contributed by atoms with van der Waals surface area (Å²) in [5.41, 5.74) is 2.30. The smallest absolute Gasteiger partial charge is 0.339 e. The molecule has 0 unspecified atom stereocenters. The van der Waals surface area contributed by atoms with Gasteiger partial charge in [0, 0.05) is 42.5 Å². The molecule has 0 saturated carbocycles. The quantitative estimate of drug-likeness (QED) is 0.695. The number of hydrogen-bond acceptors (Lipinski definition) is 5. The second-order valence-electron chi connectivity index (χ2n) is 6.85. The predicted molar refractivity (Wildman–Crippen MR) is 116 cm³/mol. The second-order valence-corrected chi connectivity index (χ2v) is 7.70. The van der Waals surface area contributed by atoms with Crippen molar-refractivity contribution in [3.63, 3.8) is 0 Å². The molecular formula is C21H25BrN4O3. The van der Waals surface area contributed by atoms with E-state index in [4.69, 9.17) is 4.74 Å². The molecule has 1 aliphatic heterocycles. The number of esters is 1. The van der Waals surface area contributed by atoms with Crippen LogP contribution in [-0.4, -0.2) is 54.7 Å². The Morgan fingerprint density at radius 1 is 1.17 bits per heavy atom. The van der Waals surface area contributed by atoms with Gasteiger partial charge in [-0.3, -0.25) is 0 Å². The van der Waals surface area contributed by atoms with Crippen LogP contribution in [0.5, 0.6) is 0 Å². The van der Waals surface area contributed by atoms with Gasteiger partial charge < -0.3 is 19.9 Å². The Morgan fingerprint density at radius 3 is 2.69 bits per heavy atom. The zero-order valence-electron chi connectivity index (χ0n) is 16.7. The van der Waals surface area contributed by atoms with Gasteiger partial charge in [0.15, 0.2) is 0 Å². The molecule has 2 amide bonds. The molecule has 0 radical (unpaired) electrons. The Hall–Kier alpha value is -2.61. The minimum absolute atomic E-state index is 0.0980. The zero-order chi connectivity index (χ0) is 20.8. The molecule has 1 saturated heterocycles. The standard InChI is InChI=1S/C21H25BrN4O3/c1-3-29-20(27)16-5-8-19(23-14-16)25-9-4-10-26(12-11-25)21(28)24-17-6-7-18(22)15(2)13-17/h5-8,13-14H,3-4,9-12H2,1-2H3,(H,24,28). The van der Waals surface area contributed by atoms with Crippen LogP contribution < -0.4 is 10.2 Å². The number of halogens is 1. The molecule has 1 aliphatic rings. The number of urea groups is 1. The number of aromatic nitrogens is 1. The number of aryl methyl sites for hydroxylation is 1. The Labute approximate surface area is 179 Å². The summed E-state index contributed by atoms with van der Waals surface area (Å²) in [4.78, 5) is 32.8. The molecule has 1 N–H and O–H groups in total. The number of hydrogen-bond donors (Lipinski definition) is 1. The molecule has 1 fully saturated rings. The summed E-state index contributed by atoms with van der Waals surface area (Å²) >= 11 is 3.47. The molecule has 2 aromatic rings. The van der Waals surface area contributed by atoms with Crippen LogP contribution in [0.2, 0.25) is 0 Å². The highest BCUT2D eigenvalue weighted by Gasteiger charge is 2.20. The van der Waals surface area contributed by atoms with Gasteiger partial charge >= 0.3 is 12.0 Å². The molecule has 3 rings (SSSR count). The van der Waals surface area contributed by atoms with Gasteiger partial charge in [-0.15, -0.1) is 0 Å². The minimum atomic E-state index is -0.367. The fraction of sp³-hybridized carbons (Fsp3) is 0.381. The molecule has 0 bridgehead atoms. The predicted octanol–water partition coefficient (Wildman–Crippen LogP) is 4.07. The number of benzene rings is 1. The molecule has 7 nitrogen and oxygen atoms in total. The second kappa shape index (κ2) is 9.73. The lowest BCUT2D eigenvalue weighted by Gasteiger charge is -2.23. The summed E-state index contributed by atoms with van der Waals surface area (Å²) < 4.78 is 6.01. The zero-order valence-corrected chi connectivity index (χ0v) is 18.2. The minimum Gasteiger partial charge on any atom is -0.462 e. The van der Waals surface area contributed by atoms with E-state index < -0.39 is 0 Å². The number of pyridine rings is 1. The normalized spacial score (nSPS) is 14.3. The Kier molecular flexibility index (Phi) is 7.09. The summed E-state index contributed by atoms with van der Waals surface area (Å²) in [6, 6.07) is 9.22. The number of rotatable bonds is 4. The molecule has 154 valence electrons. The van der Waals surface area contributed by atoms with Crippen molar-refractivity contribution in [1.82, 2.24) is 9.88 Å². The highest BCUT2D eigenvalue weighted by Crippen LogP contribution is 2.21. The molecule has 1 aromatic heterocycles. The molecule has 8 heteroatoms. The van der Waals surface area contributed by atoms with E-state index in [1.54, 1.807) is 19.2 Å². The number of anilines is 2. The first kappa shape index (κ1) is 21.1. The third-order valence-electron chi connectivity index (χ3n) is 4.78. The van der Waals surface area contributed by atoms with Crippen molar-refractivity contribution in [3.05, 3.63) is 52.1 Å². The lowest BCUT2D eigenvalue weighted by Crippen LogP contribution is -2.38. The highest BCUT2D eigenvalue weighted by atomic mass is 79.9. The van der Waals surface area contributed by atoms with E-state index in [9.17, 15) is 9.59 Å². The van der Waals surface area contributed by atoms with Crippen molar-refractivity contribution in [3.8, 4) is 0 Å². The van der Waals surface area contributed by atoms with Gasteiger partial charge in [-0.25, -0.2) is 14.6 Å². The van der Waals surface area contributed by atoms with Crippen molar-refractivity contribution in [2.45, 2.75) is 20.3 Å². The molecular weight excluding hydrogens is 436 g/mol. The van der Waals surface area contributed by atoms with Crippen molar-refractivity contribution in [2.75, 3.05) is 43.0 Å². The molecule has 0 aliphatic carbocycles. The van der Waals surface area contributed by atoms with Gasteiger partial charge in [-0.05, 0) is 56.2 Å². The van der Waals surface area contributed by atoms with E-state index in [1.165, 1.54) is 0 Å². The number of amides is 2. The van der Waals surface area contributed by atoms with Crippen molar-refractivity contribution in [1.29, 1.82) is 0 Å². The number of carbonyl (C=O) groups excluding carboxylic acids is 2. The van der Waals surface area contributed by atoms with Crippen molar-refractivity contribution >= 4 is 39.4 Å².